The van der Waals surface area contributed by atoms with Crippen molar-refractivity contribution in [2.45, 2.75) is 24.9 Å². The van der Waals surface area contributed by atoms with E-state index in [1.807, 2.05) is 0 Å². The van der Waals surface area contributed by atoms with E-state index in [2.05, 4.69) is 5.32 Å². The number of hydrogen-bond donors (Lipinski definition) is 2. The van der Waals surface area contributed by atoms with Crippen molar-refractivity contribution in [3.63, 3.8) is 0 Å². The first-order valence-corrected chi connectivity index (χ1v) is 9.66. The van der Waals surface area contributed by atoms with Crippen LogP contribution in [-0.2, 0) is 14.4 Å². The molecule has 3 atom stereocenters. The maximum absolute atomic E-state index is 12.9. The maximum Gasteiger partial charge on any atom is 0.352 e. The second-order valence-electron chi connectivity index (χ2n) is 7.88. The highest BCUT2D eigenvalue weighted by molar-refractivity contribution is 6.09. The highest BCUT2D eigenvalue weighted by Gasteiger charge is 2.59. The van der Waals surface area contributed by atoms with Crippen LogP contribution in [0.25, 0.3) is 0 Å². The van der Waals surface area contributed by atoms with Crippen LogP contribution in [-0.4, -0.2) is 57.9 Å². The van der Waals surface area contributed by atoms with E-state index in [1.165, 1.54) is 28.0 Å². The standard InChI is InChI=1S/C20H18N4O6/c25-18-10(4-5-22(18)13-2-1-3-14(8-13)24(29)30)6-11-7-12-9-21-15-16(12)23(19(15)26)17(11)20(27)28/h1-3,6,8,12,15-16,21H,4-5,7,9H2,(H,27,28)/b10-6+/t12-,15+,16-/m1/s1. The number of benzene rings is 1. The number of carbonyl (C=O) groups excluding carboxylic acids is 2. The van der Waals surface area contributed by atoms with Crippen LogP contribution in [0.15, 0.2) is 47.2 Å². The van der Waals surface area contributed by atoms with Crippen LogP contribution < -0.4 is 10.2 Å². The number of nitro benzene ring substituents is 1. The zero-order valence-corrected chi connectivity index (χ0v) is 15.8. The molecule has 3 saturated heterocycles. The smallest absolute Gasteiger partial charge is 0.352 e. The van der Waals surface area contributed by atoms with Crippen molar-refractivity contribution in [2.75, 3.05) is 18.0 Å². The topological polar surface area (TPSA) is 133 Å². The molecule has 4 aliphatic heterocycles. The SMILES string of the molecule is O=C(O)C1=C(/C=C2\CCN(c3cccc([N+](=O)[O-])c3)C2=O)C[C@@H]2CN[C@@H]3C(=O)N1[C@H]23. The lowest BCUT2D eigenvalue weighted by molar-refractivity contribution is -0.384. The van der Waals surface area contributed by atoms with Gasteiger partial charge in [0.1, 0.15) is 11.7 Å². The quantitative estimate of drug-likeness (QED) is 0.325. The molecular weight excluding hydrogens is 392 g/mol. The summed E-state index contributed by atoms with van der Waals surface area (Å²) in [6, 6.07) is 5.41. The zero-order valence-electron chi connectivity index (χ0n) is 15.8. The van der Waals surface area contributed by atoms with Gasteiger partial charge >= 0.3 is 5.97 Å². The Morgan fingerprint density at radius 3 is 2.87 bits per heavy atom. The number of non-ortho nitro benzene ring substituents is 1. The van der Waals surface area contributed by atoms with Gasteiger partial charge in [-0.15, -0.1) is 0 Å². The van der Waals surface area contributed by atoms with Gasteiger partial charge in [0.05, 0.1) is 16.7 Å². The molecule has 5 rings (SSSR count). The number of carbonyl (C=O) groups is 3. The summed E-state index contributed by atoms with van der Waals surface area (Å²) in [6.45, 7) is 0.977. The van der Waals surface area contributed by atoms with Crippen molar-refractivity contribution >= 4 is 29.2 Å². The highest BCUT2D eigenvalue weighted by Crippen LogP contribution is 2.44. The second-order valence-corrected chi connectivity index (χ2v) is 7.88. The molecule has 0 aromatic heterocycles. The fourth-order valence-corrected chi connectivity index (χ4v) is 4.93. The molecule has 10 nitrogen and oxygen atoms in total. The van der Waals surface area contributed by atoms with Gasteiger partial charge in [0.25, 0.3) is 11.6 Å². The van der Waals surface area contributed by atoms with Crippen molar-refractivity contribution in [3.8, 4) is 0 Å². The molecule has 1 aromatic rings. The Balaban J connectivity index is 1.47. The monoisotopic (exact) mass is 410 g/mol. The molecule has 0 unspecified atom stereocenters. The first-order valence-electron chi connectivity index (χ1n) is 9.66. The average Bonchev–Trinajstić information content (AvgIpc) is 3.29. The minimum absolute atomic E-state index is 0.0460. The largest absolute Gasteiger partial charge is 0.477 e. The first kappa shape index (κ1) is 18.5. The molecule has 30 heavy (non-hydrogen) atoms. The molecule has 0 bridgehead atoms. The summed E-state index contributed by atoms with van der Waals surface area (Å²) in [5.74, 6) is -1.62. The van der Waals surface area contributed by atoms with Gasteiger partial charge in [-0.3, -0.25) is 24.6 Å². The summed E-state index contributed by atoms with van der Waals surface area (Å²) >= 11 is 0. The predicted molar refractivity (Wildman–Crippen MR) is 103 cm³/mol. The molecular formula is C20H18N4O6. The van der Waals surface area contributed by atoms with Gasteiger partial charge in [-0.2, -0.15) is 0 Å². The summed E-state index contributed by atoms with van der Waals surface area (Å²) in [6.07, 6.45) is 2.46. The van der Waals surface area contributed by atoms with Crippen molar-refractivity contribution < 1.29 is 24.4 Å². The third-order valence-corrected chi connectivity index (χ3v) is 6.28. The van der Waals surface area contributed by atoms with Crippen LogP contribution in [0, 0.1) is 16.0 Å². The lowest BCUT2D eigenvalue weighted by atomic mass is 9.79. The van der Waals surface area contributed by atoms with E-state index in [4.69, 9.17) is 0 Å². The third-order valence-electron chi connectivity index (χ3n) is 6.28. The van der Waals surface area contributed by atoms with Crippen LogP contribution in [0.3, 0.4) is 0 Å². The molecule has 3 fully saturated rings. The van der Waals surface area contributed by atoms with Crippen LogP contribution in [0.1, 0.15) is 12.8 Å². The van der Waals surface area contributed by atoms with Crippen molar-refractivity contribution in [3.05, 3.63) is 57.3 Å². The zero-order chi connectivity index (χ0) is 21.2. The third kappa shape index (κ3) is 2.57. The van der Waals surface area contributed by atoms with E-state index in [-0.39, 0.29) is 41.2 Å². The van der Waals surface area contributed by atoms with E-state index in [9.17, 15) is 29.6 Å². The van der Waals surface area contributed by atoms with E-state index < -0.39 is 10.9 Å². The van der Waals surface area contributed by atoms with Gasteiger partial charge in [0.2, 0.25) is 5.91 Å². The molecule has 0 aliphatic carbocycles. The number of nitrogens with zero attached hydrogens (tertiary/aromatic N) is 3. The number of β-lactam (4-membered cyclic amide) rings is 1. The Labute approximate surface area is 170 Å². The number of carboxylic acid groups (broad SMARTS) is 1. The van der Waals surface area contributed by atoms with Crippen LogP contribution in [0.2, 0.25) is 0 Å². The van der Waals surface area contributed by atoms with Crippen molar-refractivity contribution in [2.24, 2.45) is 5.92 Å². The Morgan fingerprint density at radius 1 is 1.33 bits per heavy atom. The van der Waals surface area contributed by atoms with E-state index in [0.29, 0.717) is 42.8 Å². The Bertz CT molecular complexity index is 1080. The number of nitro groups is 1. The number of carboxylic acids is 1. The molecule has 2 N–H and O–H groups in total. The average molecular weight is 410 g/mol. The normalized spacial score (nSPS) is 28.8. The number of rotatable bonds is 4. The van der Waals surface area contributed by atoms with Gasteiger partial charge in [-0.1, -0.05) is 6.07 Å². The van der Waals surface area contributed by atoms with E-state index >= 15 is 0 Å². The van der Waals surface area contributed by atoms with E-state index in [1.54, 1.807) is 12.1 Å². The Hall–Kier alpha value is -3.53. The predicted octanol–water partition coefficient (Wildman–Crippen LogP) is 0.799. The molecule has 4 heterocycles. The summed E-state index contributed by atoms with van der Waals surface area (Å²) in [4.78, 5) is 50.5. The fourth-order valence-electron chi connectivity index (χ4n) is 4.93. The summed E-state index contributed by atoms with van der Waals surface area (Å²) in [5, 5.41) is 23.9. The number of allylic oxidation sites excluding steroid dienone is 2. The lowest BCUT2D eigenvalue weighted by Gasteiger charge is -2.48. The molecule has 10 heteroatoms. The van der Waals surface area contributed by atoms with Crippen molar-refractivity contribution in [1.29, 1.82) is 0 Å². The molecule has 4 aliphatic rings. The minimum atomic E-state index is -1.18. The van der Waals surface area contributed by atoms with Gasteiger partial charge in [0, 0.05) is 30.8 Å². The van der Waals surface area contributed by atoms with Crippen molar-refractivity contribution in [1.82, 2.24) is 10.2 Å². The second kappa shape index (κ2) is 6.49. The van der Waals surface area contributed by atoms with Crippen LogP contribution >= 0.6 is 0 Å². The van der Waals surface area contributed by atoms with Gasteiger partial charge < -0.3 is 15.3 Å². The Kier molecular flexibility index (Phi) is 4.00. The number of aliphatic carboxylic acids is 1. The molecule has 0 radical (unpaired) electrons. The number of nitrogens with one attached hydrogen (secondary N) is 1. The van der Waals surface area contributed by atoms with Gasteiger partial charge in [-0.25, -0.2) is 4.79 Å². The maximum atomic E-state index is 12.9. The molecule has 0 spiro atoms. The van der Waals surface area contributed by atoms with Crippen LogP contribution in [0.4, 0.5) is 11.4 Å². The minimum Gasteiger partial charge on any atom is -0.477 e. The number of anilines is 1. The highest BCUT2D eigenvalue weighted by atomic mass is 16.6. The fraction of sp³-hybridized carbons (Fsp3) is 0.350. The van der Waals surface area contributed by atoms with Gasteiger partial charge in [-0.05, 0) is 36.5 Å². The lowest BCUT2D eigenvalue weighted by Crippen LogP contribution is -2.68. The molecule has 1 aromatic carbocycles. The summed E-state index contributed by atoms with van der Waals surface area (Å²) < 4.78 is 0. The number of amides is 2. The summed E-state index contributed by atoms with van der Waals surface area (Å²) in [7, 11) is 0. The number of hydrogen-bond acceptors (Lipinski definition) is 6. The molecule has 2 amide bonds. The van der Waals surface area contributed by atoms with Gasteiger partial charge in [0.15, 0.2) is 0 Å². The van der Waals surface area contributed by atoms with E-state index in [0.717, 1.165) is 0 Å². The molecule has 0 saturated carbocycles. The Morgan fingerprint density at radius 2 is 2.13 bits per heavy atom. The van der Waals surface area contributed by atoms with Crippen LogP contribution in [0.5, 0.6) is 0 Å². The molecule has 154 valence electrons. The summed E-state index contributed by atoms with van der Waals surface area (Å²) in [5.41, 5.74) is 1.18. The first-order chi connectivity index (χ1) is 14.4.